The SMILES string of the molecule is COCC(=O)NCc1ccc2c(c1)CCN2C(=O)c1ccc(F)cc1. The van der Waals surface area contributed by atoms with Crippen LogP contribution in [0.1, 0.15) is 21.5 Å². The zero-order valence-corrected chi connectivity index (χ0v) is 13.9. The van der Waals surface area contributed by atoms with Gasteiger partial charge in [-0.3, -0.25) is 9.59 Å². The summed E-state index contributed by atoms with van der Waals surface area (Å²) in [5, 5.41) is 2.78. The van der Waals surface area contributed by atoms with Crippen LogP contribution in [0.3, 0.4) is 0 Å². The van der Waals surface area contributed by atoms with Crippen LogP contribution in [0.5, 0.6) is 0 Å². The summed E-state index contributed by atoms with van der Waals surface area (Å²) in [5.41, 5.74) is 3.36. The van der Waals surface area contributed by atoms with Gasteiger partial charge in [0.1, 0.15) is 12.4 Å². The minimum absolute atomic E-state index is 0.0326. The van der Waals surface area contributed by atoms with Crippen molar-refractivity contribution >= 4 is 17.5 Å². The fourth-order valence-electron chi connectivity index (χ4n) is 2.91. The number of methoxy groups -OCH3 is 1. The van der Waals surface area contributed by atoms with E-state index >= 15 is 0 Å². The number of hydrogen-bond donors (Lipinski definition) is 1. The van der Waals surface area contributed by atoms with Crippen molar-refractivity contribution in [2.75, 3.05) is 25.2 Å². The molecule has 0 atom stereocenters. The van der Waals surface area contributed by atoms with Crippen LogP contribution in [-0.4, -0.2) is 32.1 Å². The molecule has 2 aromatic carbocycles. The van der Waals surface area contributed by atoms with E-state index in [2.05, 4.69) is 5.32 Å². The minimum Gasteiger partial charge on any atom is -0.375 e. The van der Waals surface area contributed by atoms with Gasteiger partial charge >= 0.3 is 0 Å². The van der Waals surface area contributed by atoms with E-state index in [1.807, 2.05) is 18.2 Å². The van der Waals surface area contributed by atoms with Crippen molar-refractivity contribution in [3.8, 4) is 0 Å². The van der Waals surface area contributed by atoms with E-state index in [-0.39, 0.29) is 24.2 Å². The zero-order valence-electron chi connectivity index (χ0n) is 13.9. The predicted octanol–water partition coefficient (Wildman–Crippen LogP) is 2.29. The first-order chi connectivity index (χ1) is 12.1. The number of anilines is 1. The topological polar surface area (TPSA) is 58.6 Å². The first kappa shape index (κ1) is 17.1. The lowest BCUT2D eigenvalue weighted by Crippen LogP contribution is -2.28. The molecule has 0 saturated carbocycles. The molecule has 130 valence electrons. The highest BCUT2D eigenvalue weighted by molar-refractivity contribution is 6.07. The van der Waals surface area contributed by atoms with Gasteiger partial charge in [0, 0.05) is 31.5 Å². The van der Waals surface area contributed by atoms with E-state index in [1.165, 1.54) is 31.4 Å². The van der Waals surface area contributed by atoms with Gasteiger partial charge in [-0.05, 0) is 47.9 Å². The van der Waals surface area contributed by atoms with Gasteiger partial charge < -0.3 is 15.0 Å². The number of fused-ring (bicyclic) bond motifs is 1. The average Bonchev–Trinajstić information content (AvgIpc) is 3.03. The van der Waals surface area contributed by atoms with Gasteiger partial charge in [0.05, 0.1) is 0 Å². The van der Waals surface area contributed by atoms with Crippen LogP contribution in [0.4, 0.5) is 10.1 Å². The number of nitrogens with zero attached hydrogens (tertiary/aromatic N) is 1. The summed E-state index contributed by atoms with van der Waals surface area (Å²) >= 11 is 0. The molecule has 5 nitrogen and oxygen atoms in total. The summed E-state index contributed by atoms with van der Waals surface area (Å²) in [7, 11) is 1.47. The molecule has 0 saturated heterocycles. The van der Waals surface area contributed by atoms with Crippen LogP contribution >= 0.6 is 0 Å². The monoisotopic (exact) mass is 342 g/mol. The molecule has 1 N–H and O–H groups in total. The van der Waals surface area contributed by atoms with Crippen LogP contribution in [0, 0.1) is 5.82 Å². The number of ether oxygens (including phenoxy) is 1. The van der Waals surface area contributed by atoms with Crippen LogP contribution in [0.25, 0.3) is 0 Å². The van der Waals surface area contributed by atoms with Gasteiger partial charge in [-0.25, -0.2) is 4.39 Å². The number of nitrogens with one attached hydrogen (secondary N) is 1. The summed E-state index contributed by atoms with van der Waals surface area (Å²) < 4.78 is 17.8. The van der Waals surface area contributed by atoms with Gasteiger partial charge in [0.2, 0.25) is 5.91 Å². The molecule has 2 aromatic rings. The van der Waals surface area contributed by atoms with Crippen molar-refractivity contribution in [2.24, 2.45) is 0 Å². The first-order valence-electron chi connectivity index (χ1n) is 8.03. The summed E-state index contributed by atoms with van der Waals surface area (Å²) in [6.07, 6.45) is 0.752. The maximum atomic E-state index is 13.0. The number of benzene rings is 2. The molecule has 0 bridgehead atoms. The highest BCUT2D eigenvalue weighted by Crippen LogP contribution is 2.30. The molecule has 6 heteroatoms. The van der Waals surface area contributed by atoms with Crippen molar-refractivity contribution in [1.82, 2.24) is 5.32 Å². The Balaban J connectivity index is 1.71. The van der Waals surface area contributed by atoms with Gasteiger partial charge in [0.15, 0.2) is 0 Å². The Morgan fingerprint density at radius 1 is 1.20 bits per heavy atom. The van der Waals surface area contributed by atoms with E-state index < -0.39 is 0 Å². The molecule has 1 heterocycles. The molecule has 3 rings (SSSR count). The Hall–Kier alpha value is -2.73. The van der Waals surface area contributed by atoms with E-state index in [0.29, 0.717) is 18.7 Å². The Morgan fingerprint density at radius 2 is 1.96 bits per heavy atom. The van der Waals surface area contributed by atoms with Crippen LogP contribution in [0.2, 0.25) is 0 Å². The normalized spacial score (nSPS) is 12.8. The molecule has 0 radical (unpaired) electrons. The van der Waals surface area contributed by atoms with Crippen molar-refractivity contribution < 1.29 is 18.7 Å². The second-order valence-corrected chi connectivity index (χ2v) is 5.89. The molecule has 1 aliphatic rings. The standard InChI is InChI=1S/C19H19FN2O3/c1-25-12-18(23)21-11-13-2-7-17-15(10-13)8-9-22(17)19(24)14-3-5-16(20)6-4-14/h2-7,10H,8-9,11-12H2,1H3,(H,21,23). The number of amides is 2. The van der Waals surface area contributed by atoms with Gasteiger partial charge in [-0.15, -0.1) is 0 Å². The maximum absolute atomic E-state index is 13.0. The third kappa shape index (κ3) is 3.85. The van der Waals surface area contributed by atoms with Gasteiger partial charge in [0.25, 0.3) is 5.91 Å². The maximum Gasteiger partial charge on any atom is 0.258 e. The third-order valence-electron chi connectivity index (χ3n) is 4.14. The van der Waals surface area contributed by atoms with Gasteiger partial charge in [-0.2, -0.15) is 0 Å². The van der Waals surface area contributed by atoms with Crippen molar-refractivity contribution in [1.29, 1.82) is 0 Å². The van der Waals surface area contributed by atoms with Crippen LogP contribution in [0.15, 0.2) is 42.5 Å². The fraction of sp³-hybridized carbons (Fsp3) is 0.263. The predicted molar refractivity (Wildman–Crippen MR) is 91.9 cm³/mol. The number of hydrogen-bond acceptors (Lipinski definition) is 3. The Kier molecular flexibility index (Phi) is 5.09. The molecule has 0 aliphatic carbocycles. The van der Waals surface area contributed by atoms with E-state index in [1.54, 1.807) is 4.90 Å². The summed E-state index contributed by atoms with van der Waals surface area (Å²) in [4.78, 5) is 25.8. The van der Waals surface area contributed by atoms with E-state index in [0.717, 1.165) is 23.2 Å². The number of carbonyl (C=O) groups excluding carboxylic acids is 2. The summed E-state index contributed by atoms with van der Waals surface area (Å²) in [5.74, 6) is -0.672. The Morgan fingerprint density at radius 3 is 2.68 bits per heavy atom. The van der Waals surface area contributed by atoms with Crippen LogP contribution < -0.4 is 10.2 Å². The molecule has 0 unspecified atom stereocenters. The fourth-order valence-corrected chi connectivity index (χ4v) is 2.91. The highest BCUT2D eigenvalue weighted by Gasteiger charge is 2.25. The first-order valence-corrected chi connectivity index (χ1v) is 8.03. The number of carbonyl (C=O) groups is 2. The van der Waals surface area contributed by atoms with Crippen molar-refractivity contribution in [3.05, 3.63) is 65.0 Å². The average molecular weight is 342 g/mol. The molecule has 0 spiro atoms. The van der Waals surface area contributed by atoms with Crippen molar-refractivity contribution in [2.45, 2.75) is 13.0 Å². The molecule has 0 fully saturated rings. The minimum atomic E-state index is -0.362. The lowest BCUT2D eigenvalue weighted by molar-refractivity contribution is -0.124. The largest absolute Gasteiger partial charge is 0.375 e. The Bertz CT molecular complexity index is 790. The smallest absolute Gasteiger partial charge is 0.258 e. The quantitative estimate of drug-likeness (QED) is 0.907. The third-order valence-corrected chi connectivity index (χ3v) is 4.14. The lowest BCUT2D eigenvalue weighted by Gasteiger charge is -2.17. The number of rotatable bonds is 5. The molecular formula is C19H19FN2O3. The second-order valence-electron chi connectivity index (χ2n) is 5.89. The Labute approximate surface area is 145 Å². The second kappa shape index (κ2) is 7.44. The summed E-state index contributed by atoms with van der Waals surface area (Å²) in [6.45, 7) is 1.04. The molecule has 2 amide bonds. The lowest BCUT2D eigenvalue weighted by atomic mass is 10.1. The molecule has 0 aromatic heterocycles. The van der Waals surface area contributed by atoms with Crippen molar-refractivity contribution in [3.63, 3.8) is 0 Å². The van der Waals surface area contributed by atoms with Crippen LogP contribution in [-0.2, 0) is 22.5 Å². The number of halogens is 1. The molecule has 1 aliphatic heterocycles. The highest BCUT2D eigenvalue weighted by atomic mass is 19.1. The van der Waals surface area contributed by atoms with E-state index in [4.69, 9.17) is 4.74 Å². The van der Waals surface area contributed by atoms with E-state index in [9.17, 15) is 14.0 Å². The summed E-state index contributed by atoms with van der Waals surface area (Å²) in [6, 6.07) is 11.3. The zero-order chi connectivity index (χ0) is 17.8. The van der Waals surface area contributed by atoms with Gasteiger partial charge in [-0.1, -0.05) is 12.1 Å². The molecular weight excluding hydrogens is 323 g/mol. The molecule has 25 heavy (non-hydrogen) atoms.